The summed E-state index contributed by atoms with van der Waals surface area (Å²) in [5, 5.41) is 5.13. The molecule has 0 saturated heterocycles. The van der Waals surface area contributed by atoms with Gasteiger partial charge >= 0.3 is 0 Å². The second-order valence-electron chi connectivity index (χ2n) is 18.9. The topological polar surface area (TPSA) is 9.86 Å². The van der Waals surface area contributed by atoms with Crippen LogP contribution in [-0.4, -0.2) is 9.13 Å². The molecule has 324 valence electrons. The molecule has 2 heterocycles. The molecular weight excluding hydrogens is 821 g/mol. The molecule has 1 aliphatic carbocycles. The minimum absolute atomic E-state index is 0.242. The molecule has 2 aromatic heterocycles. The van der Waals surface area contributed by atoms with Crippen molar-refractivity contribution in [1.29, 1.82) is 0 Å². The van der Waals surface area contributed by atoms with Gasteiger partial charge in [-0.2, -0.15) is 0 Å². The van der Waals surface area contributed by atoms with Gasteiger partial charge in [-0.1, -0.05) is 183 Å². The number of fused-ring (bicyclic) bond motifs is 9. The molecule has 13 rings (SSSR count). The zero-order valence-corrected chi connectivity index (χ0v) is 38.2. The first kappa shape index (κ1) is 40.1. The van der Waals surface area contributed by atoms with Gasteiger partial charge in [0.2, 0.25) is 0 Å². The lowest BCUT2D eigenvalue weighted by atomic mass is 9.79. The largest absolute Gasteiger partial charge is 0.309 e. The second-order valence-corrected chi connectivity index (χ2v) is 18.9. The lowest BCUT2D eigenvalue weighted by Gasteiger charge is -2.25. The summed E-state index contributed by atoms with van der Waals surface area (Å²) in [6.07, 6.45) is 2.76. The van der Waals surface area contributed by atoms with Crippen molar-refractivity contribution >= 4 is 43.6 Å². The van der Waals surface area contributed by atoms with Crippen molar-refractivity contribution in [3.63, 3.8) is 0 Å². The molecular formula is C66H50N2. The molecule has 0 aliphatic heterocycles. The molecule has 0 N–H and O–H groups in total. The first-order valence-electron chi connectivity index (χ1n) is 24.2. The number of nitrogens with zero attached hydrogens (tertiary/aromatic N) is 2. The molecule has 68 heavy (non-hydrogen) atoms. The maximum absolute atomic E-state index is 2.53. The van der Waals surface area contributed by atoms with E-state index in [2.05, 4.69) is 253 Å². The Kier molecular flexibility index (Phi) is 9.79. The molecule has 1 aliphatic rings. The monoisotopic (exact) mass is 870 g/mol. The average Bonchev–Trinajstić information content (AvgIpc) is 3.86. The lowest BCUT2D eigenvalue weighted by molar-refractivity contribution is 0.580. The summed E-state index contributed by atoms with van der Waals surface area (Å²) < 4.78 is 4.89. The maximum Gasteiger partial charge on any atom is 0.0543 e. The van der Waals surface area contributed by atoms with Gasteiger partial charge < -0.3 is 9.13 Å². The van der Waals surface area contributed by atoms with Gasteiger partial charge in [-0.25, -0.2) is 0 Å². The summed E-state index contributed by atoms with van der Waals surface area (Å²) in [4.78, 5) is 0. The molecule has 0 radical (unpaired) electrons. The minimum atomic E-state index is 0.242. The highest BCUT2D eigenvalue weighted by Crippen LogP contribution is 2.48. The summed E-state index contributed by atoms with van der Waals surface area (Å²) >= 11 is 0. The van der Waals surface area contributed by atoms with E-state index in [1.54, 1.807) is 0 Å². The van der Waals surface area contributed by atoms with E-state index in [1.165, 1.54) is 116 Å². The van der Waals surface area contributed by atoms with E-state index in [9.17, 15) is 0 Å². The number of rotatable bonds is 8. The molecule has 0 saturated carbocycles. The van der Waals surface area contributed by atoms with Crippen molar-refractivity contribution in [3.05, 3.63) is 276 Å². The molecule has 12 aromatic rings. The number of benzene rings is 10. The van der Waals surface area contributed by atoms with Crippen LogP contribution in [0.3, 0.4) is 0 Å². The first-order chi connectivity index (χ1) is 33.6. The summed E-state index contributed by atoms with van der Waals surface area (Å²) in [5.74, 6) is 0.498. The molecule has 0 amide bonds. The van der Waals surface area contributed by atoms with Crippen LogP contribution in [0.2, 0.25) is 0 Å². The molecule has 2 nitrogen and oxygen atoms in total. The van der Waals surface area contributed by atoms with Gasteiger partial charge in [-0.05, 0) is 153 Å². The van der Waals surface area contributed by atoms with Crippen LogP contribution in [-0.2, 0) is 19.3 Å². The highest BCUT2D eigenvalue weighted by atomic mass is 15.0. The number of hydrogen-bond acceptors (Lipinski definition) is 0. The predicted octanol–water partition coefficient (Wildman–Crippen LogP) is 16.8. The van der Waals surface area contributed by atoms with E-state index in [0.29, 0.717) is 0 Å². The molecule has 0 fully saturated rings. The molecule has 2 atom stereocenters. The standard InChI is InChI=1S/C66H50N2/c1-44-58(52-30-33-57-56-24-14-15-25-63(56)68(66(57)43-52)54-22-12-5-13-23-54)42-51-28-26-47(36-45-16-6-2-7-17-45)38-60(51)55-32-29-49(40-59(44)55)50-31-35-65-62(41-50)61-39-48(37-46-18-8-3-9-19-46)27-34-64(61)67(65)53-20-10-4-11-21-53/h2-35,38-41,43-44,58H,36-37,42H2,1H3. The fraction of sp³-hybridized carbons (Fsp3) is 0.0909. The summed E-state index contributed by atoms with van der Waals surface area (Å²) in [6, 6.07) is 88.4. The smallest absolute Gasteiger partial charge is 0.0543 e. The van der Waals surface area contributed by atoms with E-state index >= 15 is 0 Å². The molecule has 10 aromatic carbocycles. The third-order valence-corrected chi connectivity index (χ3v) is 14.9. The molecule has 0 spiro atoms. The highest BCUT2D eigenvalue weighted by Gasteiger charge is 2.30. The van der Waals surface area contributed by atoms with Crippen molar-refractivity contribution in [1.82, 2.24) is 9.13 Å². The zero-order chi connectivity index (χ0) is 45.1. The van der Waals surface area contributed by atoms with Crippen molar-refractivity contribution in [3.8, 4) is 33.6 Å². The Hall–Kier alpha value is -8.20. The van der Waals surface area contributed by atoms with Crippen molar-refractivity contribution in [2.75, 3.05) is 0 Å². The zero-order valence-electron chi connectivity index (χ0n) is 38.2. The van der Waals surface area contributed by atoms with Crippen LogP contribution in [0.1, 0.15) is 57.7 Å². The summed E-state index contributed by atoms with van der Waals surface area (Å²) in [6.45, 7) is 2.48. The van der Waals surface area contributed by atoms with Crippen LogP contribution in [0.4, 0.5) is 0 Å². The number of para-hydroxylation sites is 3. The third-order valence-electron chi connectivity index (χ3n) is 14.9. The van der Waals surface area contributed by atoms with E-state index in [1.807, 2.05) is 0 Å². The Morgan fingerprint density at radius 2 is 0.897 bits per heavy atom. The van der Waals surface area contributed by atoms with Crippen LogP contribution in [0.25, 0.3) is 77.2 Å². The Labute approximate surface area is 398 Å². The summed E-state index contributed by atoms with van der Waals surface area (Å²) in [5.41, 5.74) is 22.0. The first-order valence-corrected chi connectivity index (χ1v) is 24.2. The maximum atomic E-state index is 2.53. The van der Waals surface area contributed by atoms with Gasteiger partial charge in [0.1, 0.15) is 0 Å². The number of aromatic nitrogens is 2. The summed E-state index contributed by atoms with van der Waals surface area (Å²) in [7, 11) is 0. The Morgan fingerprint density at radius 1 is 0.368 bits per heavy atom. The van der Waals surface area contributed by atoms with Crippen LogP contribution in [0, 0.1) is 0 Å². The van der Waals surface area contributed by atoms with E-state index in [-0.39, 0.29) is 11.8 Å². The van der Waals surface area contributed by atoms with Gasteiger partial charge in [0.05, 0.1) is 22.1 Å². The van der Waals surface area contributed by atoms with Gasteiger partial charge in [0.25, 0.3) is 0 Å². The quantitative estimate of drug-likeness (QED) is 0.144. The predicted molar refractivity (Wildman–Crippen MR) is 286 cm³/mol. The minimum Gasteiger partial charge on any atom is -0.309 e. The van der Waals surface area contributed by atoms with Gasteiger partial charge in [0, 0.05) is 32.9 Å². The van der Waals surface area contributed by atoms with E-state index in [0.717, 1.165) is 19.3 Å². The Morgan fingerprint density at radius 3 is 1.60 bits per heavy atom. The van der Waals surface area contributed by atoms with Gasteiger partial charge in [-0.3, -0.25) is 0 Å². The van der Waals surface area contributed by atoms with E-state index in [4.69, 9.17) is 0 Å². The van der Waals surface area contributed by atoms with Gasteiger partial charge in [-0.15, -0.1) is 0 Å². The Bertz CT molecular complexity index is 3820. The SMILES string of the molecule is CC1c2cc(-c3ccc4c(c3)c3cc(Cc5ccccc5)ccc3n4-c3ccccc3)ccc2-c2cc(Cc3ccccc3)ccc2CC1c1ccc2c3ccccc3n(-c3ccccc3)c2c1. The lowest BCUT2D eigenvalue weighted by Crippen LogP contribution is -2.10. The normalized spacial score (nSPS) is 14.6. The van der Waals surface area contributed by atoms with Crippen LogP contribution < -0.4 is 0 Å². The average molecular weight is 871 g/mol. The van der Waals surface area contributed by atoms with Crippen LogP contribution in [0.15, 0.2) is 237 Å². The van der Waals surface area contributed by atoms with Crippen molar-refractivity contribution in [2.45, 2.75) is 38.0 Å². The molecule has 2 unspecified atom stereocenters. The molecule has 2 heteroatoms. The highest BCUT2D eigenvalue weighted by molar-refractivity contribution is 6.11. The molecule has 0 bridgehead atoms. The fourth-order valence-corrected chi connectivity index (χ4v) is 11.5. The van der Waals surface area contributed by atoms with E-state index < -0.39 is 0 Å². The van der Waals surface area contributed by atoms with Gasteiger partial charge in [0.15, 0.2) is 0 Å². The second kappa shape index (κ2) is 16.6. The van der Waals surface area contributed by atoms with Crippen LogP contribution >= 0.6 is 0 Å². The van der Waals surface area contributed by atoms with Crippen molar-refractivity contribution < 1.29 is 0 Å². The van der Waals surface area contributed by atoms with Crippen molar-refractivity contribution in [2.24, 2.45) is 0 Å². The Balaban J connectivity index is 0.973. The fourth-order valence-electron chi connectivity index (χ4n) is 11.5. The third kappa shape index (κ3) is 6.95. The van der Waals surface area contributed by atoms with Crippen LogP contribution in [0.5, 0.6) is 0 Å². The number of hydrogen-bond donors (Lipinski definition) is 0.